The third kappa shape index (κ3) is 5.85. The van der Waals surface area contributed by atoms with Gasteiger partial charge in [0.25, 0.3) is 5.91 Å². The van der Waals surface area contributed by atoms with Gasteiger partial charge in [0.1, 0.15) is 5.75 Å². The molecule has 2 aromatic rings. The first-order chi connectivity index (χ1) is 16.9. The molecule has 3 rings (SSSR count). The van der Waals surface area contributed by atoms with Crippen molar-refractivity contribution in [1.29, 1.82) is 0 Å². The monoisotopic (exact) mass is 479 g/mol. The zero-order valence-corrected chi connectivity index (χ0v) is 21.1. The van der Waals surface area contributed by atoms with Gasteiger partial charge in [-0.25, -0.2) is 4.79 Å². The minimum Gasteiger partial charge on any atom is -0.494 e. The molecule has 7 nitrogen and oxygen atoms in total. The number of hydrogen-bond acceptors (Lipinski definition) is 6. The van der Waals surface area contributed by atoms with Gasteiger partial charge in [-0.3, -0.25) is 9.69 Å². The molecule has 1 aliphatic heterocycles. The van der Waals surface area contributed by atoms with E-state index in [0.717, 1.165) is 6.42 Å². The van der Waals surface area contributed by atoms with Crippen molar-refractivity contribution in [3.63, 3.8) is 0 Å². The highest BCUT2D eigenvalue weighted by atomic mass is 16.5. The van der Waals surface area contributed by atoms with E-state index in [1.54, 1.807) is 44.2 Å². The Morgan fingerprint density at radius 3 is 2.23 bits per heavy atom. The first-order valence-electron chi connectivity index (χ1n) is 12.0. The maximum Gasteiger partial charge on any atom is 0.340 e. The number of esters is 1. The highest BCUT2D eigenvalue weighted by molar-refractivity contribution is 6.23. The molecule has 0 bridgehead atoms. The average Bonchev–Trinajstić information content (AvgIpc) is 3.09. The van der Waals surface area contributed by atoms with Crippen LogP contribution in [0.25, 0.3) is 6.08 Å². The second kappa shape index (κ2) is 12.1. The smallest absolute Gasteiger partial charge is 0.340 e. The van der Waals surface area contributed by atoms with Crippen LogP contribution in [0.4, 0.5) is 5.69 Å². The number of allylic oxidation sites excluding steroid dienone is 1. The summed E-state index contributed by atoms with van der Waals surface area (Å²) in [5, 5.41) is 0. The van der Waals surface area contributed by atoms with Crippen LogP contribution in [0.5, 0.6) is 17.2 Å². The molecule has 0 aliphatic carbocycles. The lowest BCUT2D eigenvalue weighted by molar-refractivity contribution is -0.138. The third-order valence-electron chi connectivity index (χ3n) is 5.33. The fourth-order valence-electron chi connectivity index (χ4n) is 3.83. The Balaban J connectivity index is 2.04. The lowest BCUT2D eigenvalue weighted by atomic mass is 10.0. The van der Waals surface area contributed by atoms with Crippen molar-refractivity contribution in [3.8, 4) is 17.2 Å². The molecule has 0 N–H and O–H groups in total. The number of ether oxygens (including phenoxy) is 4. The standard InChI is InChI=1S/C28H33NO6/c1-6-16-35-24-15-10-20(18-25(24)33-8-3)17-23-26(28(31)34-9-4)19(5)29(27(23)30)21-11-13-22(14-12-21)32-7-2/h10-15,17-18H,6-9,16H2,1-5H3/b23-17-. The summed E-state index contributed by atoms with van der Waals surface area (Å²) in [6.45, 7) is 11.1. The molecule has 7 heteroatoms. The molecule has 0 atom stereocenters. The number of rotatable bonds is 11. The second-order valence-electron chi connectivity index (χ2n) is 7.79. The van der Waals surface area contributed by atoms with Crippen molar-refractivity contribution in [2.45, 2.75) is 41.0 Å². The zero-order valence-electron chi connectivity index (χ0n) is 21.1. The third-order valence-corrected chi connectivity index (χ3v) is 5.33. The molecular weight excluding hydrogens is 446 g/mol. The van der Waals surface area contributed by atoms with Crippen LogP contribution >= 0.6 is 0 Å². The van der Waals surface area contributed by atoms with Gasteiger partial charge in [-0.1, -0.05) is 13.0 Å². The zero-order chi connectivity index (χ0) is 25.4. The number of amides is 1. The van der Waals surface area contributed by atoms with Crippen molar-refractivity contribution in [3.05, 3.63) is 64.9 Å². The molecule has 0 aromatic heterocycles. The number of carbonyl (C=O) groups is 2. The van der Waals surface area contributed by atoms with E-state index in [4.69, 9.17) is 18.9 Å². The maximum atomic E-state index is 13.6. The van der Waals surface area contributed by atoms with Crippen LogP contribution in [0.2, 0.25) is 0 Å². The van der Waals surface area contributed by atoms with Crippen LogP contribution < -0.4 is 19.1 Å². The van der Waals surface area contributed by atoms with E-state index in [2.05, 4.69) is 0 Å². The Bertz CT molecular complexity index is 1120. The van der Waals surface area contributed by atoms with Gasteiger partial charge >= 0.3 is 5.97 Å². The van der Waals surface area contributed by atoms with E-state index in [1.165, 1.54) is 4.90 Å². The van der Waals surface area contributed by atoms with Crippen LogP contribution in [0, 0.1) is 0 Å². The largest absolute Gasteiger partial charge is 0.494 e. The number of benzene rings is 2. The van der Waals surface area contributed by atoms with Crippen LogP contribution in [-0.2, 0) is 14.3 Å². The molecule has 2 aromatic carbocycles. The summed E-state index contributed by atoms with van der Waals surface area (Å²) >= 11 is 0. The lowest BCUT2D eigenvalue weighted by Crippen LogP contribution is -2.24. The van der Waals surface area contributed by atoms with Crippen LogP contribution in [0.15, 0.2) is 59.3 Å². The molecule has 1 amide bonds. The van der Waals surface area contributed by atoms with E-state index < -0.39 is 5.97 Å². The number of carbonyl (C=O) groups excluding carboxylic acids is 2. The Labute approximate surface area is 206 Å². The average molecular weight is 480 g/mol. The van der Waals surface area contributed by atoms with Crippen LogP contribution in [0.1, 0.15) is 46.6 Å². The summed E-state index contributed by atoms with van der Waals surface area (Å²) < 4.78 is 22.3. The SMILES string of the molecule is CCCOc1ccc(/C=C2\C(=O)N(c3ccc(OCC)cc3)C(C)=C2C(=O)OCC)cc1OCC. The Morgan fingerprint density at radius 2 is 1.60 bits per heavy atom. The molecule has 0 fully saturated rings. The molecule has 1 heterocycles. The van der Waals surface area contributed by atoms with Crippen molar-refractivity contribution in [1.82, 2.24) is 0 Å². The highest BCUT2D eigenvalue weighted by Gasteiger charge is 2.38. The first kappa shape index (κ1) is 25.9. The normalized spacial score (nSPS) is 14.5. The number of anilines is 1. The Kier molecular flexibility index (Phi) is 8.95. The molecule has 186 valence electrons. The van der Waals surface area contributed by atoms with Gasteiger partial charge < -0.3 is 18.9 Å². The van der Waals surface area contributed by atoms with Crippen LogP contribution in [0.3, 0.4) is 0 Å². The Morgan fingerprint density at radius 1 is 0.886 bits per heavy atom. The van der Waals surface area contributed by atoms with Crippen molar-refractivity contribution >= 4 is 23.6 Å². The molecule has 0 saturated carbocycles. The summed E-state index contributed by atoms with van der Waals surface area (Å²) in [7, 11) is 0. The van der Waals surface area contributed by atoms with Gasteiger partial charge in [-0.15, -0.1) is 0 Å². The quantitative estimate of drug-likeness (QED) is 0.311. The Hall–Kier alpha value is -3.74. The summed E-state index contributed by atoms with van der Waals surface area (Å²) in [6.07, 6.45) is 2.57. The predicted octanol–water partition coefficient (Wildman–Crippen LogP) is 5.54. The summed E-state index contributed by atoms with van der Waals surface area (Å²) in [4.78, 5) is 28.0. The van der Waals surface area contributed by atoms with Gasteiger partial charge in [0, 0.05) is 11.4 Å². The van der Waals surface area contributed by atoms with Crippen molar-refractivity contribution < 1.29 is 28.5 Å². The molecule has 0 radical (unpaired) electrons. The minimum atomic E-state index is -0.536. The highest BCUT2D eigenvalue weighted by Crippen LogP contribution is 2.37. The summed E-state index contributed by atoms with van der Waals surface area (Å²) in [6, 6.07) is 12.7. The lowest BCUT2D eigenvalue weighted by Gasteiger charge is -2.18. The fourth-order valence-corrected chi connectivity index (χ4v) is 3.83. The van der Waals surface area contributed by atoms with Gasteiger partial charge in [0.05, 0.1) is 37.6 Å². The second-order valence-corrected chi connectivity index (χ2v) is 7.79. The van der Waals surface area contributed by atoms with E-state index in [0.29, 0.717) is 54.0 Å². The molecule has 35 heavy (non-hydrogen) atoms. The van der Waals surface area contributed by atoms with Gasteiger partial charge in [0.15, 0.2) is 11.5 Å². The maximum absolute atomic E-state index is 13.6. The van der Waals surface area contributed by atoms with E-state index in [1.807, 2.05) is 39.0 Å². The van der Waals surface area contributed by atoms with E-state index in [9.17, 15) is 9.59 Å². The topological polar surface area (TPSA) is 74.3 Å². The van der Waals surface area contributed by atoms with Gasteiger partial charge in [0.2, 0.25) is 0 Å². The first-order valence-corrected chi connectivity index (χ1v) is 12.0. The molecular formula is C28H33NO6. The van der Waals surface area contributed by atoms with Crippen LogP contribution in [-0.4, -0.2) is 38.3 Å². The van der Waals surface area contributed by atoms with Gasteiger partial charge in [-0.05, 0) is 82.2 Å². The van der Waals surface area contributed by atoms with Crippen molar-refractivity contribution in [2.75, 3.05) is 31.3 Å². The van der Waals surface area contributed by atoms with Crippen molar-refractivity contribution in [2.24, 2.45) is 0 Å². The molecule has 0 unspecified atom stereocenters. The minimum absolute atomic E-state index is 0.206. The fraction of sp³-hybridized carbons (Fsp3) is 0.357. The molecule has 1 aliphatic rings. The van der Waals surface area contributed by atoms with E-state index >= 15 is 0 Å². The summed E-state index contributed by atoms with van der Waals surface area (Å²) in [5.74, 6) is 1.09. The molecule has 0 saturated heterocycles. The van der Waals surface area contributed by atoms with Gasteiger partial charge in [-0.2, -0.15) is 0 Å². The number of nitrogens with zero attached hydrogens (tertiary/aromatic N) is 1. The summed E-state index contributed by atoms with van der Waals surface area (Å²) in [5.41, 5.74) is 2.37. The number of hydrogen-bond donors (Lipinski definition) is 0. The van der Waals surface area contributed by atoms with E-state index in [-0.39, 0.29) is 23.7 Å². The molecule has 0 spiro atoms. The predicted molar refractivity (Wildman–Crippen MR) is 136 cm³/mol.